The van der Waals surface area contributed by atoms with Gasteiger partial charge in [0.2, 0.25) is 5.95 Å². The van der Waals surface area contributed by atoms with Gasteiger partial charge in [-0.05, 0) is 22.4 Å². The topological polar surface area (TPSA) is 49.2 Å². The van der Waals surface area contributed by atoms with Crippen LogP contribution in [-0.2, 0) is 0 Å². The molecule has 14 heavy (non-hydrogen) atoms. The predicted molar refractivity (Wildman–Crippen MR) is 59.3 cm³/mol. The molecular formula is C9H14BrN3O. The van der Waals surface area contributed by atoms with Crippen LogP contribution in [0.5, 0.6) is 0 Å². The molecule has 0 bridgehead atoms. The van der Waals surface area contributed by atoms with E-state index in [2.05, 4.69) is 32.8 Å². The third-order valence-corrected chi connectivity index (χ3v) is 2.16. The van der Waals surface area contributed by atoms with Gasteiger partial charge in [-0.15, -0.1) is 0 Å². The zero-order chi connectivity index (χ0) is 10.4. The first-order valence-corrected chi connectivity index (χ1v) is 5.40. The molecule has 0 saturated heterocycles. The molecule has 0 aliphatic carbocycles. The number of aliphatic hydroxyl groups excluding tert-OH is 1. The van der Waals surface area contributed by atoms with Crippen molar-refractivity contribution in [1.29, 1.82) is 0 Å². The van der Waals surface area contributed by atoms with Crippen molar-refractivity contribution in [3.8, 4) is 0 Å². The molecule has 78 valence electrons. The van der Waals surface area contributed by atoms with Crippen molar-refractivity contribution in [3.63, 3.8) is 0 Å². The van der Waals surface area contributed by atoms with E-state index in [4.69, 9.17) is 5.11 Å². The number of aliphatic hydroxyl groups is 1. The SMILES string of the molecule is CCCN(CCO)c1ncc(Br)cn1. The van der Waals surface area contributed by atoms with Crippen LogP contribution in [0.4, 0.5) is 5.95 Å². The van der Waals surface area contributed by atoms with Crippen LogP contribution in [0.25, 0.3) is 0 Å². The second kappa shape index (κ2) is 5.93. The van der Waals surface area contributed by atoms with Crippen molar-refractivity contribution in [1.82, 2.24) is 9.97 Å². The first kappa shape index (κ1) is 11.4. The summed E-state index contributed by atoms with van der Waals surface area (Å²) in [6.45, 7) is 3.65. The summed E-state index contributed by atoms with van der Waals surface area (Å²) in [7, 11) is 0. The second-order valence-electron chi connectivity index (χ2n) is 2.91. The zero-order valence-corrected chi connectivity index (χ0v) is 9.74. The minimum atomic E-state index is 0.124. The standard InChI is InChI=1S/C9H14BrN3O/c1-2-3-13(4-5-14)9-11-6-8(10)7-12-9/h6-7,14H,2-5H2,1H3. The Hall–Kier alpha value is -0.680. The van der Waals surface area contributed by atoms with E-state index < -0.39 is 0 Å². The van der Waals surface area contributed by atoms with E-state index >= 15 is 0 Å². The Morgan fingerprint density at radius 1 is 1.36 bits per heavy atom. The average molecular weight is 260 g/mol. The highest BCUT2D eigenvalue weighted by molar-refractivity contribution is 9.10. The Morgan fingerprint density at radius 3 is 2.50 bits per heavy atom. The van der Waals surface area contributed by atoms with Crippen LogP contribution in [0.3, 0.4) is 0 Å². The number of hydrogen-bond donors (Lipinski definition) is 1. The quantitative estimate of drug-likeness (QED) is 0.870. The van der Waals surface area contributed by atoms with Gasteiger partial charge < -0.3 is 10.0 Å². The van der Waals surface area contributed by atoms with E-state index in [1.807, 2.05) is 4.90 Å². The lowest BCUT2D eigenvalue weighted by Crippen LogP contribution is -2.29. The van der Waals surface area contributed by atoms with Crippen molar-refractivity contribution in [2.75, 3.05) is 24.6 Å². The monoisotopic (exact) mass is 259 g/mol. The maximum Gasteiger partial charge on any atom is 0.225 e. The normalized spacial score (nSPS) is 10.2. The maximum absolute atomic E-state index is 8.87. The van der Waals surface area contributed by atoms with E-state index in [9.17, 15) is 0 Å². The Morgan fingerprint density at radius 2 is 2.00 bits per heavy atom. The van der Waals surface area contributed by atoms with Gasteiger partial charge in [-0.25, -0.2) is 9.97 Å². The van der Waals surface area contributed by atoms with Crippen LogP contribution >= 0.6 is 15.9 Å². The Kier molecular flexibility index (Phi) is 4.82. The molecule has 0 spiro atoms. The van der Waals surface area contributed by atoms with Gasteiger partial charge in [0, 0.05) is 25.5 Å². The fourth-order valence-electron chi connectivity index (χ4n) is 1.17. The van der Waals surface area contributed by atoms with Gasteiger partial charge in [0.25, 0.3) is 0 Å². The Balaban J connectivity index is 2.71. The molecule has 0 saturated carbocycles. The molecule has 1 aromatic heterocycles. The fourth-order valence-corrected chi connectivity index (χ4v) is 1.38. The molecule has 4 nitrogen and oxygen atoms in total. The van der Waals surface area contributed by atoms with Crippen molar-refractivity contribution in [3.05, 3.63) is 16.9 Å². The molecule has 1 aromatic rings. The van der Waals surface area contributed by atoms with Crippen LogP contribution in [0, 0.1) is 0 Å². The summed E-state index contributed by atoms with van der Waals surface area (Å²) in [4.78, 5) is 10.3. The van der Waals surface area contributed by atoms with Gasteiger partial charge in [0.05, 0.1) is 11.1 Å². The van der Waals surface area contributed by atoms with Crippen LogP contribution in [0.1, 0.15) is 13.3 Å². The lowest BCUT2D eigenvalue weighted by atomic mass is 10.4. The van der Waals surface area contributed by atoms with Gasteiger partial charge in [-0.3, -0.25) is 0 Å². The first-order chi connectivity index (χ1) is 6.77. The average Bonchev–Trinajstić information content (AvgIpc) is 2.19. The molecule has 1 heterocycles. The van der Waals surface area contributed by atoms with Gasteiger partial charge in [0.1, 0.15) is 0 Å². The summed E-state index contributed by atoms with van der Waals surface area (Å²) in [5, 5.41) is 8.87. The number of hydrogen-bond acceptors (Lipinski definition) is 4. The molecule has 1 N–H and O–H groups in total. The van der Waals surface area contributed by atoms with Crippen LogP contribution in [0.15, 0.2) is 16.9 Å². The number of nitrogens with zero attached hydrogens (tertiary/aromatic N) is 3. The minimum Gasteiger partial charge on any atom is -0.395 e. The smallest absolute Gasteiger partial charge is 0.225 e. The van der Waals surface area contributed by atoms with Crippen LogP contribution in [-0.4, -0.2) is 34.8 Å². The molecule has 0 fully saturated rings. The number of rotatable bonds is 5. The minimum absolute atomic E-state index is 0.124. The van der Waals surface area contributed by atoms with Gasteiger partial charge in [-0.1, -0.05) is 6.92 Å². The van der Waals surface area contributed by atoms with Gasteiger partial charge in [-0.2, -0.15) is 0 Å². The van der Waals surface area contributed by atoms with E-state index in [0.717, 1.165) is 17.4 Å². The number of aromatic nitrogens is 2. The zero-order valence-electron chi connectivity index (χ0n) is 8.15. The van der Waals surface area contributed by atoms with Crippen molar-refractivity contribution in [2.24, 2.45) is 0 Å². The Bertz CT molecular complexity index is 259. The summed E-state index contributed by atoms with van der Waals surface area (Å²) in [6, 6.07) is 0. The lowest BCUT2D eigenvalue weighted by Gasteiger charge is -2.20. The highest BCUT2D eigenvalue weighted by Gasteiger charge is 2.06. The maximum atomic E-state index is 8.87. The molecule has 5 heteroatoms. The van der Waals surface area contributed by atoms with Crippen LogP contribution < -0.4 is 4.90 Å². The molecule has 0 unspecified atom stereocenters. The van der Waals surface area contributed by atoms with Crippen LogP contribution in [0.2, 0.25) is 0 Å². The van der Waals surface area contributed by atoms with Gasteiger partial charge in [0.15, 0.2) is 0 Å². The number of anilines is 1. The molecule has 0 aromatic carbocycles. The van der Waals surface area contributed by atoms with Crippen molar-refractivity contribution < 1.29 is 5.11 Å². The van der Waals surface area contributed by atoms with Crippen molar-refractivity contribution >= 4 is 21.9 Å². The summed E-state index contributed by atoms with van der Waals surface area (Å²) in [5.41, 5.74) is 0. The molecule has 0 amide bonds. The lowest BCUT2D eigenvalue weighted by molar-refractivity contribution is 0.301. The fraction of sp³-hybridized carbons (Fsp3) is 0.556. The predicted octanol–water partition coefficient (Wildman–Crippen LogP) is 1.45. The largest absolute Gasteiger partial charge is 0.395 e. The third-order valence-electron chi connectivity index (χ3n) is 1.75. The van der Waals surface area contributed by atoms with Crippen molar-refractivity contribution in [2.45, 2.75) is 13.3 Å². The molecular weight excluding hydrogens is 246 g/mol. The highest BCUT2D eigenvalue weighted by atomic mass is 79.9. The Labute approximate surface area is 92.1 Å². The summed E-state index contributed by atoms with van der Waals surface area (Å²) < 4.78 is 0.863. The van der Waals surface area contributed by atoms with E-state index in [1.54, 1.807) is 12.4 Å². The molecule has 0 radical (unpaired) electrons. The molecule has 1 rings (SSSR count). The molecule has 0 aliphatic heterocycles. The third kappa shape index (κ3) is 3.23. The summed E-state index contributed by atoms with van der Waals surface area (Å²) >= 11 is 3.28. The molecule has 0 aliphatic rings. The summed E-state index contributed by atoms with van der Waals surface area (Å²) in [5.74, 6) is 0.670. The second-order valence-corrected chi connectivity index (χ2v) is 3.83. The number of halogens is 1. The summed E-state index contributed by atoms with van der Waals surface area (Å²) in [6.07, 6.45) is 4.43. The first-order valence-electron chi connectivity index (χ1n) is 4.61. The van der Waals surface area contributed by atoms with Gasteiger partial charge >= 0.3 is 0 Å². The molecule has 0 atom stereocenters. The van der Waals surface area contributed by atoms with E-state index in [0.29, 0.717) is 12.5 Å². The van der Waals surface area contributed by atoms with E-state index in [-0.39, 0.29) is 6.61 Å². The highest BCUT2D eigenvalue weighted by Crippen LogP contribution is 2.10. The van der Waals surface area contributed by atoms with E-state index in [1.165, 1.54) is 0 Å².